The highest BCUT2D eigenvalue weighted by Gasteiger charge is 2.18. The number of methoxy groups -OCH3 is 1. The molecule has 5 heteroatoms. The van der Waals surface area contributed by atoms with E-state index in [-0.39, 0.29) is 23.2 Å². The van der Waals surface area contributed by atoms with Gasteiger partial charge >= 0.3 is 5.97 Å². The fraction of sp³-hybridized carbons (Fsp3) is 0.250. The maximum absolute atomic E-state index is 13.0. The molecule has 0 aliphatic carbocycles. The maximum atomic E-state index is 13.0. The first-order valence-corrected chi connectivity index (χ1v) is 8.00. The molecular formula is C20H21FO4. The number of halogens is 1. The molecule has 0 aromatic heterocycles. The Morgan fingerprint density at radius 1 is 1.24 bits per heavy atom. The molecule has 2 aromatic rings. The van der Waals surface area contributed by atoms with Crippen LogP contribution in [0.15, 0.2) is 36.4 Å². The van der Waals surface area contributed by atoms with E-state index in [1.54, 1.807) is 30.4 Å². The van der Waals surface area contributed by atoms with Gasteiger partial charge in [0.2, 0.25) is 0 Å². The predicted octanol–water partition coefficient (Wildman–Crippen LogP) is 4.67. The third-order valence-electron chi connectivity index (χ3n) is 3.75. The van der Waals surface area contributed by atoms with E-state index in [0.717, 1.165) is 12.0 Å². The number of carbonyl (C=O) groups is 1. The van der Waals surface area contributed by atoms with E-state index in [9.17, 15) is 14.3 Å². The number of benzene rings is 2. The molecule has 0 amide bonds. The monoisotopic (exact) mass is 344 g/mol. The summed E-state index contributed by atoms with van der Waals surface area (Å²) in [6.45, 7) is 3.90. The fourth-order valence-electron chi connectivity index (χ4n) is 2.22. The Bertz CT molecular complexity index is 766. The summed E-state index contributed by atoms with van der Waals surface area (Å²) in [5.41, 5.74) is 1.26. The van der Waals surface area contributed by atoms with Crippen LogP contribution in [-0.4, -0.2) is 24.3 Å². The summed E-state index contributed by atoms with van der Waals surface area (Å²) >= 11 is 0. The van der Waals surface area contributed by atoms with E-state index in [2.05, 4.69) is 0 Å². The van der Waals surface area contributed by atoms with Crippen molar-refractivity contribution in [2.75, 3.05) is 7.11 Å². The van der Waals surface area contributed by atoms with Crippen molar-refractivity contribution in [3.63, 3.8) is 0 Å². The molecule has 0 fully saturated rings. The van der Waals surface area contributed by atoms with Gasteiger partial charge in [-0.3, -0.25) is 0 Å². The second-order valence-electron chi connectivity index (χ2n) is 5.62. The molecule has 132 valence electrons. The minimum absolute atomic E-state index is 0.0303. The molecule has 2 aromatic carbocycles. The van der Waals surface area contributed by atoms with E-state index in [1.807, 2.05) is 13.8 Å². The van der Waals surface area contributed by atoms with Crippen molar-refractivity contribution in [1.29, 1.82) is 0 Å². The van der Waals surface area contributed by atoms with Crippen molar-refractivity contribution in [3.05, 3.63) is 58.9 Å². The minimum atomic E-state index is -0.647. The van der Waals surface area contributed by atoms with Crippen LogP contribution in [0.2, 0.25) is 0 Å². The molecule has 0 saturated heterocycles. The number of phenols is 1. The molecule has 0 bridgehead atoms. The average Bonchev–Trinajstić information content (AvgIpc) is 2.60. The molecule has 0 aliphatic rings. The Labute approximate surface area is 146 Å². The van der Waals surface area contributed by atoms with Gasteiger partial charge in [0, 0.05) is 6.07 Å². The van der Waals surface area contributed by atoms with Gasteiger partial charge in [-0.1, -0.05) is 31.2 Å². The number of aromatic hydroxyl groups is 1. The lowest BCUT2D eigenvalue weighted by Crippen LogP contribution is -2.11. The normalized spacial score (nSPS) is 12.2. The molecular weight excluding hydrogens is 323 g/mol. The van der Waals surface area contributed by atoms with Gasteiger partial charge in [-0.05, 0) is 42.7 Å². The zero-order valence-corrected chi connectivity index (χ0v) is 14.5. The first-order valence-electron chi connectivity index (χ1n) is 8.00. The van der Waals surface area contributed by atoms with Crippen LogP contribution in [0.5, 0.6) is 11.5 Å². The molecule has 0 heterocycles. The average molecular weight is 344 g/mol. The zero-order valence-electron chi connectivity index (χ0n) is 14.5. The van der Waals surface area contributed by atoms with Gasteiger partial charge in [0.25, 0.3) is 0 Å². The molecule has 0 radical (unpaired) electrons. The summed E-state index contributed by atoms with van der Waals surface area (Å²) in [4.78, 5) is 12.0. The van der Waals surface area contributed by atoms with Crippen LogP contribution in [0, 0.1) is 5.82 Å². The fourth-order valence-corrected chi connectivity index (χ4v) is 2.22. The van der Waals surface area contributed by atoms with Crippen molar-refractivity contribution in [2.45, 2.75) is 26.4 Å². The lowest BCUT2D eigenvalue weighted by molar-refractivity contribution is 0.0597. The number of phenolic OH excluding ortho intramolecular Hbond substituents is 1. The van der Waals surface area contributed by atoms with Gasteiger partial charge < -0.3 is 14.6 Å². The number of hydrogen-bond acceptors (Lipinski definition) is 4. The second-order valence-corrected chi connectivity index (χ2v) is 5.62. The van der Waals surface area contributed by atoms with Gasteiger partial charge in [0.1, 0.15) is 22.9 Å². The van der Waals surface area contributed by atoms with Crippen LogP contribution >= 0.6 is 0 Å². The lowest BCUT2D eigenvalue weighted by Gasteiger charge is -2.15. The Kier molecular flexibility index (Phi) is 6.17. The third-order valence-corrected chi connectivity index (χ3v) is 3.75. The summed E-state index contributed by atoms with van der Waals surface area (Å²) in [7, 11) is 1.25. The smallest absolute Gasteiger partial charge is 0.342 e. The topological polar surface area (TPSA) is 55.8 Å². The Hall–Kier alpha value is -2.82. The summed E-state index contributed by atoms with van der Waals surface area (Å²) < 4.78 is 23.5. The summed E-state index contributed by atoms with van der Waals surface area (Å²) in [6.07, 6.45) is 4.15. The number of esters is 1. The van der Waals surface area contributed by atoms with E-state index in [0.29, 0.717) is 11.3 Å². The first-order chi connectivity index (χ1) is 11.9. The van der Waals surface area contributed by atoms with Gasteiger partial charge in [-0.2, -0.15) is 0 Å². The number of hydrogen-bond donors (Lipinski definition) is 1. The van der Waals surface area contributed by atoms with Gasteiger partial charge in [0.15, 0.2) is 0 Å². The summed E-state index contributed by atoms with van der Waals surface area (Å²) in [6, 6.07) is 8.99. The Morgan fingerprint density at radius 2 is 1.92 bits per heavy atom. The molecule has 1 atom stereocenters. The molecule has 25 heavy (non-hydrogen) atoms. The molecule has 1 N–H and O–H groups in total. The Morgan fingerprint density at radius 3 is 2.52 bits per heavy atom. The van der Waals surface area contributed by atoms with Gasteiger partial charge in [0.05, 0.1) is 13.2 Å². The van der Waals surface area contributed by atoms with E-state index in [1.165, 1.54) is 25.3 Å². The number of rotatable bonds is 6. The zero-order chi connectivity index (χ0) is 18.4. The highest BCUT2D eigenvalue weighted by molar-refractivity contribution is 5.98. The van der Waals surface area contributed by atoms with Crippen molar-refractivity contribution in [2.24, 2.45) is 0 Å². The molecule has 1 unspecified atom stereocenters. The van der Waals surface area contributed by atoms with Crippen molar-refractivity contribution in [1.82, 2.24) is 0 Å². The SMILES string of the molecule is CCC(C)Oc1cc(O)c(C(=O)OC)c(C=Cc2ccc(F)cc2)c1. The van der Waals surface area contributed by atoms with E-state index < -0.39 is 5.97 Å². The molecule has 0 spiro atoms. The van der Waals surface area contributed by atoms with E-state index in [4.69, 9.17) is 9.47 Å². The Balaban J connectivity index is 2.43. The van der Waals surface area contributed by atoms with Crippen LogP contribution in [0.25, 0.3) is 12.2 Å². The highest BCUT2D eigenvalue weighted by atomic mass is 19.1. The van der Waals surface area contributed by atoms with Crippen molar-refractivity contribution < 1.29 is 23.8 Å². The van der Waals surface area contributed by atoms with Crippen LogP contribution in [0.4, 0.5) is 4.39 Å². The largest absolute Gasteiger partial charge is 0.507 e. The third kappa shape index (κ3) is 4.83. The maximum Gasteiger partial charge on any atom is 0.342 e. The van der Waals surface area contributed by atoms with Gasteiger partial charge in [-0.25, -0.2) is 9.18 Å². The summed E-state index contributed by atoms with van der Waals surface area (Å²) in [5, 5.41) is 10.2. The molecule has 0 aliphatic heterocycles. The second kappa shape index (κ2) is 8.33. The van der Waals surface area contributed by atoms with Crippen molar-refractivity contribution in [3.8, 4) is 11.5 Å². The van der Waals surface area contributed by atoms with Crippen LogP contribution in [0.1, 0.15) is 41.8 Å². The van der Waals surface area contributed by atoms with E-state index >= 15 is 0 Å². The van der Waals surface area contributed by atoms with Crippen LogP contribution in [-0.2, 0) is 4.74 Å². The predicted molar refractivity (Wildman–Crippen MR) is 95.2 cm³/mol. The highest BCUT2D eigenvalue weighted by Crippen LogP contribution is 2.31. The molecule has 4 nitrogen and oxygen atoms in total. The standard InChI is InChI=1S/C20H21FO4/c1-4-13(2)25-17-11-15(19(18(22)12-17)20(23)24-3)8-5-14-6-9-16(21)10-7-14/h5-13,22H,4H2,1-3H3. The van der Waals surface area contributed by atoms with Crippen LogP contribution in [0.3, 0.4) is 0 Å². The van der Waals surface area contributed by atoms with Crippen LogP contribution < -0.4 is 4.74 Å². The molecule has 0 saturated carbocycles. The summed E-state index contributed by atoms with van der Waals surface area (Å²) in [5.74, 6) is -0.731. The lowest BCUT2D eigenvalue weighted by atomic mass is 10.0. The minimum Gasteiger partial charge on any atom is -0.507 e. The number of ether oxygens (including phenoxy) is 2. The first kappa shape index (κ1) is 18.5. The van der Waals surface area contributed by atoms with Crippen molar-refractivity contribution >= 4 is 18.1 Å². The molecule has 2 rings (SSSR count). The van der Waals surface area contributed by atoms with Gasteiger partial charge in [-0.15, -0.1) is 0 Å². The number of carbonyl (C=O) groups excluding carboxylic acids is 1. The quantitative estimate of drug-likeness (QED) is 0.611.